The molecular formula is C8H13NO. The molecule has 2 nitrogen and oxygen atoms in total. The van der Waals surface area contributed by atoms with Crippen LogP contribution in [0.4, 0.5) is 0 Å². The van der Waals surface area contributed by atoms with Gasteiger partial charge in [0, 0.05) is 6.04 Å². The Labute approximate surface area is 61.3 Å². The molecule has 0 aromatic carbocycles. The maximum Gasteiger partial charge on any atom is 0.0861 e. The highest BCUT2D eigenvalue weighted by Crippen LogP contribution is 2.36. The number of ether oxygens (including phenoxy) is 1. The molecule has 0 radical (unpaired) electrons. The van der Waals surface area contributed by atoms with Crippen molar-refractivity contribution in [2.24, 2.45) is 0 Å². The molecule has 1 saturated heterocycles. The molecule has 3 atom stereocenters. The van der Waals surface area contributed by atoms with Crippen molar-refractivity contribution in [1.82, 2.24) is 5.32 Å². The Bertz CT molecular complexity index is 146. The molecule has 0 aromatic rings. The van der Waals surface area contributed by atoms with Crippen molar-refractivity contribution in [3.8, 4) is 0 Å². The molecule has 1 saturated carbocycles. The molecule has 3 unspecified atom stereocenters. The number of epoxide rings is 1. The average molecular weight is 139 g/mol. The minimum absolute atomic E-state index is 0.575. The normalized spacial score (nSPS) is 43.8. The maximum absolute atomic E-state index is 5.38. The van der Waals surface area contributed by atoms with Crippen molar-refractivity contribution in [3.05, 3.63) is 12.8 Å². The van der Waals surface area contributed by atoms with Gasteiger partial charge < -0.3 is 10.1 Å². The van der Waals surface area contributed by atoms with E-state index < -0.39 is 0 Å². The van der Waals surface area contributed by atoms with Gasteiger partial charge >= 0.3 is 0 Å². The Hall–Kier alpha value is -0.500. The summed E-state index contributed by atoms with van der Waals surface area (Å²) in [5.41, 5.74) is 0. The smallest absolute Gasteiger partial charge is 0.0861 e. The van der Waals surface area contributed by atoms with Crippen LogP contribution in [-0.4, -0.2) is 18.2 Å². The molecule has 56 valence electrons. The van der Waals surface area contributed by atoms with Crippen molar-refractivity contribution >= 4 is 0 Å². The van der Waals surface area contributed by atoms with Gasteiger partial charge in [-0.15, -0.1) is 0 Å². The number of nitrogens with one attached hydrogen (secondary N) is 1. The molecule has 0 amide bonds. The summed E-state index contributed by atoms with van der Waals surface area (Å²) in [6.45, 7) is 3.64. The Kier molecular flexibility index (Phi) is 1.42. The van der Waals surface area contributed by atoms with E-state index in [9.17, 15) is 0 Å². The SMILES string of the molecule is C=CNC1CCC2OC2C1. The van der Waals surface area contributed by atoms with E-state index in [0.29, 0.717) is 18.2 Å². The molecule has 2 fully saturated rings. The van der Waals surface area contributed by atoms with E-state index in [2.05, 4.69) is 11.9 Å². The van der Waals surface area contributed by atoms with Gasteiger partial charge in [0.1, 0.15) is 0 Å². The number of fused-ring (bicyclic) bond motifs is 1. The summed E-state index contributed by atoms with van der Waals surface area (Å²) in [5, 5.41) is 3.23. The molecule has 1 aliphatic heterocycles. The van der Waals surface area contributed by atoms with Crippen molar-refractivity contribution in [2.45, 2.75) is 37.5 Å². The van der Waals surface area contributed by atoms with Crippen molar-refractivity contribution in [1.29, 1.82) is 0 Å². The second kappa shape index (κ2) is 2.27. The van der Waals surface area contributed by atoms with E-state index >= 15 is 0 Å². The summed E-state index contributed by atoms with van der Waals surface area (Å²) < 4.78 is 5.38. The van der Waals surface area contributed by atoms with Crippen LogP contribution in [0.1, 0.15) is 19.3 Å². The van der Waals surface area contributed by atoms with Crippen molar-refractivity contribution in [2.75, 3.05) is 0 Å². The zero-order valence-corrected chi connectivity index (χ0v) is 6.05. The fraction of sp³-hybridized carbons (Fsp3) is 0.750. The van der Waals surface area contributed by atoms with Crippen LogP contribution in [0.3, 0.4) is 0 Å². The molecule has 2 heteroatoms. The van der Waals surface area contributed by atoms with Gasteiger partial charge in [-0.25, -0.2) is 0 Å². The number of hydrogen-bond donors (Lipinski definition) is 1. The molecule has 0 bridgehead atoms. The Morgan fingerprint density at radius 1 is 1.40 bits per heavy atom. The van der Waals surface area contributed by atoms with Crippen LogP contribution in [0.2, 0.25) is 0 Å². The summed E-state index contributed by atoms with van der Waals surface area (Å²) in [6.07, 6.45) is 6.63. The van der Waals surface area contributed by atoms with E-state index in [4.69, 9.17) is 4.74 Å². The van der Waals surface area contributed by atoms with Gasteiger partial charge in [-0.1, -0.05) is 6.58 Å². The van der Waals surface area contributed by atoms with Crippen molar-refractivity contribution < 1.29 is 4.74 Å². The van der Waals surface area contributed by atoms with E-state index in [1.165, 1.54) is 19.3 Å². The van der Waals surface area contributed by atoms with Crippen LogP contribution in [0.25, 0.3) is 0 Å². The van der Waals surface area contributed by atoms with Gasteiger partial charge in [-0.3, -0.25) is 0 Å². The van der Waals surface area contributed by atoms with E-state index in [0.717, 1.165) is 0 Å². The number of rotatable bonds is 2. The fourth-order valence-electron chi connectivity index (χ4n) is 1.72. The third-order valence-electron chi connectivity index (χ3n) is 2.36. The molecule has 10 heavy (non-hydrogen) atoms. The molecule has 1 heterocycles. The first-order chi connectivity index (χ1) is 4.90. The third kappa shape index (κ3) is 1.03. The molecule has 1 N–H and O–H groups in total. The Balaban J connectivity index is 1.82. The Morgan fingerprint density at radius 3 is 3.00 bits per heavy atom. The summed E-state index contributed by atoms with van der Waals surface area (Å²) in [7, 11) is 0. The standard InChI is InChI=1S/C8H13NO/c1-2-9-6-3-4-7-8(5-6)10-7/h2,6-9H,1,3-5H2. The monoisotopic (exact) mass is 139 g/mol. The Morgan fingerprint density at radius 2 is 2.30 bits per heavy atom. The summed E-state index contributed by atoms with van der Waals surface area (Å²) in [5.74, 6) is 0. The topological polar surface area (TPSA) is 24.6 Å². The minimum Gasteiger partial charge on any atom is -0.389 e. The van der Waals surface area contributed by atoms with E-state index in [1.54, 1.807) is 6.20 Å². The van der Waals surface area contributed by atoms with Crippen LogP contribution in [0.5, 0.6) is 0 Å². The van der Waals surface area contributed by atoms with Crippen LogP contribution in [-0.2, 0) is 4.74 Å². The van der Waals surface area contributed by atoms with Crippen LogP contribution >= 0.6 is 0 Å². The lowest BCUT2D eigenvalue weighted by Crippen LogP contribution is -2.29. The predicted octanol–water partition coefficient (Wildman–Crippen LogP) is 1.04. The maximum atomic E-state index is 5.38. The quantitative estimate of drug-likeness (QED) is 0.578. The third-order valence-corrected chi connectivity index (χ3v) is 2.36. The van der Waals surface area contributed by atoms with E-state index in [-0.39, 0.29) is 0 Å². The van der Waals surface area contributed by atoms with Crippen LogP contribution in [0, 0.1) is 0 Å². The lowest BCUT2D eigenvalue weighted by molar-refractivity contribution is 0.369. The zero-order valence-electron chi connectivity index (χ0n) is 6.05. The fourth-order valence-corrected chi connectivity index (χ4v) is 1.72. The first-order valence-electron chi connectivity index (χ1n) is 3.92. The highest BCUT2D eigenvalue weighted by molar-refractivity contribution is 4.95. The average Bonchev–Trinajstić information content (AvgIpc) is 2.66. The number of hydrogen-bond acceptors (Lipinski definition) is 2. The van der Waals surface area contributed by atoms with Crippen LogP contribution in [0.15, 0.2) is 12.8 Å². The molecule has 2 aliphatic rings. The van der Waals surface area contributed by atoms with Gasteiger partial charge in [-0.05, 0) is 25.5 Å². The highest BCUT2D eigenvalue weighted by Gasteiger charge is 2.43. The predicted molar refractivity (Wildman–Crippen MR) is 39.6 cm³/mol. The second-order valence-corrected chi connectivity index (χ2v) is 3.09. The van der Waals surface area contributed by atoms with Gasteiger partial charge in [0.15, 0.2) is 0 Å². The van der Waals surface area contributed by atoms with E-state index in [1.807, 2.05) is 0 Å². The van der Waals surface area contributed by atoms with Crippen LogP contribution < -0.4 is 5.32 Å². The second-order valence-electron chi connectivity index (χ2n) is 3.09. The first-order valence-corrected chi connectivity index (χ1v) is 3.92. The van der Waals surface area contributed by atoms with Gasteiger partial charge in [0.25, 0.3) is 0 Å². The zero-order chi connectivity index (χ0) is 6.97. The van der Waals surface area contributed by atoms with Gasteiger partial charge in [-0.2, -0.15) is 0 Å². The largest absolute Gasteiger partial charge is 0.389 e. The van der Waals surface area contributed by atoms with Crippen molar-refractivity contribution in [3.63, 3.8) is 0 Å². The molecule has 1 aliphatic carbocycles. The molecule has 0 aromatic heterocycles. The van der Waals surface area contributed by atoms with Gasteiger partial charge in [0.2, 0.25) is 0 Å². The molecule has 0 spiro atoms. The summed E-state index contributed by atoms with van der Waals surface area (Å²) >= 11 is 0. The molecular weight excluding hydrogens is 126 g/mol. The first kappa shape index (κ1) is 6.23. The summed E-state index contributed by atoms with van der Waals surface area (Å²) in [6, 6.07) is 0.626. The highest BCUT2D eigenvalue weighted by atomic mass is 16.6. The minimum atomic E-state index is 0.575. The lowest BCUT2D eigenvalue weighted by atomic mass is 9.96. The van der Waals surface area contributed by atoms with Gasteiger partial charge in [0.05, 0.1) is 12.2 Å². The lowest BCUT2D eigenvalue weighted by Gasteiger charge is -2.18. The molecule has 2 rings (SSSR count). The summed E-state index contributed by atoms with van der Waals surface area (Å²) in [4.78, 5) is 0.